The maximum absolute atomic E-state index is 14.0. The first kappa shape index (κ1) is 45.7. The lowest BCUT2D eigenvalue weighted by Crippen LogP contribution is -2.59. The number of carbonyl (C=O) groups excluding carboxylic acids is 7. The van der Waals surface area contributed by atoms with E-state index in [1.165, 1.54) is 6.92 Å². The highest BCUT2D eigenvalue weighted by Crippen LogP contribution is 2.15. The molecule has 0 aliphatic carbocycles. The van der Waals surface area contributed by atoms with Crippen LogP contribution in [-0.2, 0) is 40.0 Å². The topological polar surface area (TPSA) is 264 Å². The zero-order valence-corrected chi connectivity index (χ0v) is 32.3. The van der Waals surface area contributed by atoms with E-state index < -0.39 is 95.8 Å². The van der Waals surface area contributed by atoms with Gasteiger partial charge in [-0.25, -0.2) is 0 Å². The van der Waals surface area contributed by atoms with Crippen molar-refractivity contribution < 1.29 is 38.7 Å². The molecular formula is C38H62N8O8. The molecule has 0 spiro atoms. The van der Waals surface area contributed by atoms with Crippen LogP contribution in [0.15, 0.2) is 30.3 Å². The van der Waals surface area contributed by atoms with E-state index in [1.807, 2.05) is 26.8 Å². The maximum Gasteiger partial charge on any atom is 0.243 e. The van der Waals surface area contributed by atoms with Gasteiger partial charge in [0.2, 0.25) is 35.4 Å². The van der Waals surface area contributed by atoms with Crippen LogP contribution in [-0.4, -0.2) is 102 Å². The first-order valence-electron chi connectivity index (χ1n) is 19.1. The minimum atomic E-state index is -1.22. The lowest BCUT2D eigenvalue weighted by Gasteiger charge is -2.28. The number of hydrogen-bond acceptors (Lipinski definition) is 10. The number of nitrogens with two attached hydrogens (primary N) is 2. The Balaban J connectivity index is 2.57. The van der Waals surface area contributed by atoms with E-state index in [-0.39, 0.29) is 64.1 Å². The summed E-state index contributed by atoms with van der Waals surface area (Å²) >= 11 is 0. The van der Waals surface area contributed by atoms with Crippen LogP contribution < -0.4 is 43.4 Å². The third-order valence-corrected chi connectivity index (χ3v) is 9.38. The van der Waals surface area contributed by atoms with Crippen LogP contribution in [0.5, 0.6) is 0 Å². The number of Topliss-reactive ketones (excluding diaryl/α,β-unsaturated/α-hetero) is 1. The average molecular weight is 759 g/mol. The quantitative estimate of drug-likeness (QED) is 0.137. The Hall–Kier alpha value is -4.41. The van der Waals surface area contributed by atoms with Crippen molar-refractivity contribution in [1.29, 1.82) is 0 Å². The van der Waals surface area contributed by atoms with Crippen molar-refractivity contribution in [2.24, 2.45) is 29.2 Å². The number of hydrogen-bond donors (Lipinski definition) is 9. The summed E-state index contributed by atoms with van der Waals surface area (Å²) in [4.78, 5) is 95.1. The molecule has 0 bridgehead atoms. The molecular weight excluding hydrogens is 696 g/mol. The van der Waals surface area contributed by atoms with Crippen LogP contribution in [0, 0.1) is 17.8 Å². The molecule has 1 saturated heterocycles. The highest BCUT2D eigenvalue weighted by atomic mass is 16.3. The zero-order valence-electron chi connectivity index (χ0n) is 32.3. The highest BCUT2D eigenvalue weighted by molar-refractivity contribution is 5.97. The highest BCUT2D eigenvalue weighted by Gasteiger charge is 2.35. The van der Waals surface area contributed by atoms with Crippen LogP contribution in [0.2, 0.25) is 0 Å². The van der Waals surface area contributed by atoms with E-state index in [0.29, 0.717) is 6.42 Å². The van der Waals surface area contributed by atoms with Gasteiger partial charge < -0.3 is 48.5 Å². The van der Waals surface area contributed by atoms with Gasteiger partial charge in [0.15, 0.2) is 5.78 Å². The van der Waals surface area contributed by atoms with Gasteiger partial charge in [0, 0.05) is 25.3 Å². The van der Waals surface area contributed by atoms with E-state index in [2.05, 4.69) is 31.9 Å². The zero-order chi connectivity index (χ0) is 40.4. The molecule has 8 unspecified atom stereocenters. The normalized spacial score (nSPS) is 26.8. The van der Waals surface area contributed by atoms with Gasteiger partial charge in [-0.3, -0.25) is 33.6 Å². The molecule has 2 rings (SSSR count). The number of carbonyl (C=O) groups is 7. The fraction of sp³-hybridized carbons (Fsp3) is 0.658. The molecule has 11 N–H and O–H groups in total. The second-order valence-electron chi connectivity index (χ2n) is 14.6. The summed E-state index contributed by atoms with van der Waals surface area (Å²) in [5.41, 5.74) is 12.3. The summed E-state index contributed by atoms with van der Waals surface area (Å²) in [6.07, 6.45) is -0.386. The van der Waals surface area contributed by atoms with Gasteiger partial charge in [-0.15, -0.1) is 0 Å². The lowest BCUT2D eigenvalue weighted by atomic mass is 9.92. The fourth-order valence-corrected chi connectivity index (χ4v) is 6.15. The summed E-state index contributed by atoms with van der Waals surface area (Å²) in [5, 5.41) is 26.8. The first-order valence-corrected chi connectivity index (χ1v) is 19.1. The maximum atomic E-state index is 14.0. The van der Waals surface area contributed by atoms with Gasteiger partial charge in [-0.05, 0) is 63.6 Å². The smallest absolute Gasteiger partial charge is 0.243 e. The van der Waals surface area contributed by atoms with Crippen molar-refractivity contribution in [2.75, 3.05) is 19.6 Å². The van der Waals surface area contributed by atoms with E-state index in [4.69, 9.17) is 11.5 Å². The van der Waals surface area contributed by atoms with Crippen molar-refractivity contribution in [1.82, 2.24) is 31.9 Å². The fourth-order valence-electron chi connectivity index (χ4n) is 6.15. The minimum Gasteiger partial charge on any atom is -0.393 e. The summed E-state index contributed by atoms with van der Waals surface area (Å²) in [5.74, 6) is -6.11. The molecule has 1 aliphatic rings. The molecule has 1 aromatic rings. The Morgan fingerprint density at radius 2 is 1.19 bits per heavy atom. The molecule has 1 aromatic carbocycles. The Bertz CT molecular complexity index is 1410. The Kier molecular flexibility index (Phi) is 19.8. The summed E-state index contributed by atoms with van der Waals surface area (Å²) in [6, 6.07) is 3.44. The Morgan fingerprint density at radius 3 is 1.76 bits per heavy atom. The van der Waals surface area contributed by atoms with Crippen LogP contribution in [0.25, 0.3) is 0 Å². The molecule has 54 heavy (non-hydrogen) atoms. The van der Waals surface area contributed by atoms with Crippen LogP contribution in [0.1, 0.15) is 85.1 Å². The average Bonchev–Trinajstić information content (AvgIpc) is 3.11. The number of benzene rings is 1. The van der Waals surface area contributed by atoms with Crippen LogP contribution >= 0.6 is 0 Å². The lowest BCUT2D eigenvalue weighted by molar-refractivity contribution is -0.136. The van der Waals surface area contributed by atoms with E-state index in [1.54, 1.807) is 31.2 Å². The van der Waals surface area contributed by atoms with E-state index >= 15 is 0 Å². The predicted molar refractivity (Wildman–Crippen MR) is 203 cm³/mol. The number of nitrogens with one attached hydrogen (secondary N) is 6. The number of rotatable bonds is 11. The summed E-state index contributed by atoms with van der Waals surface area (Å²) in [6.45, 7) is 8.66. The molecule has 302 valence electrons. The first-order chi connectivity index (χ1) is 25.6. The standard InChI is InChI=1S/C38H62N8O8/c1-6-10-28-35(51)42-27(13-16-39)32(48)21-26(24(5)47)34(50)41-18-15-23(4)33(49)43-29(14-17-40)36(52)46-31(20-25-11-8-7-9-12-25)38(54)45-30(19-22(2)3)37(53)44-28/h7-9,11-12,22-24,26-31,47H,6,10,13-21,39-40H2,1-5H3,(H,41,50)(H,42,51)(H,43,49)(H,44,53)(H,45,54)(H,46,52). The monoisotopic (exact) mass is 758 g/mol. The second kappa shape index (κ2) is 23.4. The molecule has 0 saturated carbocycles. The SMILES string of the molecule is CCCC1NC(=O)C(CC(C)C)NC(=O)C(Cc2ccccc2)NC(=O)C(CCN)NC(=O)C(C)CCNC(=O)C(C(C)O)CC(=O)C(CCN)NC1=O. The van der Waals surface area contributed by atoms with Crippen molar-refractivity contribution in [2.45, 2.75) is 122 Å². The van der Waals surface area contributed by atoms with Gasteiger partial charge in [0.1, 0.15) is 24.2 Å². The number of aliphatic hydroxyl groups is 1. The van der Waals surface area contributed by atoms with Gasteiger partial charge in [0.05, 0.1) is 18.1 Å². The van der Waals surface area contributed by atoms with E-state index in [0.717, 1.165) is 5.56 Å². The van der Waals surface area contributed by atoms with Crippen molar-refractivity contribution in [3.63, 3.8) is 0 Å². The molecule has 8 atom stereocenters. The molecule has 6 amide bonds. The molecule has 16 heteroatoms. The molecule has 0 aromatic heterocycles. The number of amides is 6. The molecule has 0 radical (unpaired) electrons. The van der Waals surface area contributed by atoms with Gasteiger partial charge in [-0.1, -0.05) is 64.4 Å². The van der Waals surface area contributed by atoms with Gasteiger partial charge in [0.25, 0.3) is 0 Å². The van der Waals surface area contributed by atoms with Crippen LogP contribution in [0.4, 0.5) is 0 Å². The van der Waals surface area contributed by atoms with Crippen molar-refractivity contribution in [3.8, 4) is 0 Å². The Labute approximate surface area is 318 Å². The van der Waals surface area contributed by atoms with Crippen molar-refractivity contribution >= 4 is 41.2 Å². The predicted octanol–water partition coefficient (Wildman–Crippen LogP) is -0.691. The Morgan fingerprint density at radius 1 is 0.685 bits per heavy atom. The molecule has 16 nitrogen and oxygen atoms in total. The van der Waals surface area contributed by atoms with Crippen molar-refractivity contribution in [3.05, 3.63) is 35.9 Å². The van der Waals surface area contributed by atoms with Gasteiger partial charge >= 0.3 is 0 Å². The molecule has 1 heterocycles. The second-order valence-corrected chi connectivity index (χ2v) is 14.6. The minimum absolute atomic E-state index is 0.0246. The number of ketones is 1. The van der Waals surface area contributed by atoms with Gasteiger partial charge in [-0.2, -0.15) is 0 Å². The third-order valence-electron chi connectivity index (χ3n) is 9.38. The van der Waals surface area contributed by atoms with Crippen LogP contribution in [0.3, 0.4) is 0 Å². The number of aliphatic hydroxyl groups excluding tert-OH is 1. The summed E-state index contributed by atoms with van der Waals surface area (Å²) < 4.78 is 0. The summed E-state index contributed by atoms with van der Waals surface area (Å²) in [7, 11) is 0. The van der Waals surface area contributed by atoms with E-state index in [9.17, 15) is 38.7 Å². The third kappa shape index (κ3) is 15.1. The largest absolute Gasteiger partial charge is 0.393 e. The molecule has 1 aliphatic heterocycles. The molecule has 1 fully saturated rings.